The summed E-state index contributed by atoms with van der Waals surface area (Å²) < 4.78 is 0. The van der Waals surface area contributed by atoms with Gasteiger partial charge in [-0.05, 0) is 49.9 Å². The van der Waals surface area contributed by atoms with Crippen molar-refractivity contribution in [3.63, 3.8) is 0 Å². The fraction of sp³-hybridized carbons (Fsp3) is 0.421. The van der Waals surface area contributed by atoms with Gasteiger partial charge in [-0.2, -0.15) is 0 Å². The predicted octanol–water partition coefficient (Wildman–Crippen LogP) is 2.92. The number of pyridine rings is 1. The lowest BCUT2D eigenvalue weighted by molar-refractivity contribution is 0.203. The highest BCUT2D eigenvalue weighted by Crippen LogP contribution is 2.30. The van der Waals surface area contributed by atoms with Gasteiger partial charge >= 0.3 is 0 Å². The molecule has 5 nitrogen and oxygen atoms in total. The Morgan fingerprint density at radius 2 is 1.92 bits per heavy atom. The standard InChI is InChI=1S/C19H25N3O2/c1-14-6-7-19(24)17(21-14)12-20-16-4-2-3-5-18(16)22-10-8-15(13-23)9-11-22/h2-7,15,20,23-24H,8-13H2,1H3. The molecule has 5 heteroatoms. The second-order valence-corrected chi connectivity index (χ2v) is 6.40. The third-order valence-corrected chi connectivity index (χ3v) is 4.65. The quantitative estimate of drug-likeness (QED) is 0.788. The maximum Gasteiger partial charge on any atom is 0.138 e. The van der Waals surface area contributed by atoms with Crippen molar-refractivity contribution in [2.24, 2.45) is 5.92 Å². The minimum absolute atomic E-state index is 0.217. The minimum Gasteiger partial charge on any atom is -0.506 e. The van der Waals surface area contributed by atoms with Gasteiger partial charge in [0.05, 0.1) is 17.9 Å². The van der Waals surface area contributed by atoms with Crippen LogP contribution < -0.4 is 10.2 Å². The second kappa shape index (κ2) is 7.53. The Morgan fingerprint density at radius 3 is 2.67 bits per heavy atom. The zero-order chi connectivity index (χ0) is 16.9. The molecular formula is C19H25N3O2. The third-order valence-electron chi connectivity index (χ3n) is 4.65. The van der Waals surface area contributed by atoms with Crippen LogP contribution in [0.15, 0.2) is 36.4 Å². The molecule has 0 radical (unpaired) electrons. The molecule has 1 saturated heterocycles. The lowest BCUT2D eigenvalue weighted by atomic mass is 9.97. The number of aromatic hydroxyl groups is 1. The zero-order valence-electron chi connectivity index (χ0n) is 14.1. The summed E-state index contributed by atoms with van der Waals surface area (Å²) in [6, 6.07) is 11.7. The van der Waals surface area contributed by atoms with Crippen LogP contribution in [-0.4, -0.2) is 34.9 Å². The van der Waals surface area contributed by atoms with Gasteiger partial charge in [0.1, 0.15) is 11.4 Å². The fourth-order valence-corrected chi connectivity index (χ4v) is 3.17. The molecule has 0 amide bonds. The summed E-state index contributed by atoms with van der Waals surface area (Å²) in [7, 11) is 0. The Labute approximate surface area is 143 Å². The first-order valence-corrected chi connectivity index (χ1v) is 8.51. The summed E-state index contributed by atoms with van der Waals surface area (Å²) in [5, 5.41) is 22.7. The molecule has 0 aliphatic carbocycles. The topological polar surface area (TPSA) is 68.6 Å². The normalized spacial score (nSPS) is 15.5. The number of nitrogens with zero attached hydrogens (tertiary/aromatic N) is 2. The van der Waals surface area contributed by atoms with Gasteiger partial charge in [0.15, 0.2) is 0 Å². The lowest BCUT2D eigenvalue weighted by Crippen LogP contribution is -2.35. The van der Waals surface area contributed by atoms with Crippen LogP contribution >= 0.6 is 0 Å². The van der Waals surface area contributed by atoms with E-state index in [0.717, 1.165) is 37.3 Å². The number of para-hydroxylation sites is 2. The van der Waals surface area contributed by atoms with Gasteiger partial charge in [0.2, 0.25) is 0 Å². The molecule has 128 valence electrons. The van der Waals surface area contributed by atoms with Gasteiger partial charge < -0.3 is 20.4 Å². The molecule has 3 rings (SSSR count). The highest BCUT2D eigenvalue weighted by Gasteiger charge is 2.20. The first kappa shape index (κ1) is 16.6. The molecule has 1 aliphatic heterocycles. The van der Waals surface area contributed by atoms with Gasteiger partial charge in [-0.1, -0.05) is 12.1 Å². The second-order valence-electron chi connectivity index (χ2n) is 6.40. The molecule has 0 bridgehead atoms. The smallest absolute Gasteiger partial charge is 0.138 e. The molecule has 2 heterocycles. The van der Waals surface area contributed by atoms with Crippen LogP contribution in [0.25, 0.3) is 0 Å². The van der Waals surface area contributed by atoms with E-state index in [1.807, 2.05) is 19.1 Å². The summed E-state index contributed by atoms with van der Waals surface area (Å²) in [4.78, 5) is 6.76. The molecule has 1 aliphatic rings. The molecule has 1 aromatic carbocycles. The Hall–Kier alpha value is -2.27. The van der Waals surface area contributed by atoms with Crippen molar-refractivity contribution in [3.05, 3.63) is 47.8 Å². The van der Waals surface area contributed by atoms with E-state index in [4.69, 9.17) is 0 Å². The molecule has 1 aromatic heterocycles. The van der Waals surface area contributed by atoms with E-state index in [0.29, 0.717) is 18.2 Å². The molecule has 0 saturated carbocycles. The number of aryl methyl sites for hydroxylation is 1. The molecule has 0 atom stereocenters. The number of hydrogen-bond donors (Lipinski definition) is 3. The van der Waals surface area contributed by atoms with E-state index in [9.17, 15) is 10.2 Å². The van der Waals surface area contributed by atoms with Crippen molar-refractivity contribution in [3.8, 4) is 5.75 Å². The summed E-state index contributed by atoms with van der Waals surface area (Å²) >= 11 is 0. The van der Waals surface area contributed by atoms with Crippen LogP contribution in [0.5, 0.6) is 5.75 Å². The van der Waals surface area contributed by atoms with E-state index < -0.39 is 0 Å². The summed E-state index contributed by atoms with van der Waals surface area (Å²) in [5.41, 5.74) is 3.76. The van der Waals surface area contributed by atoms with Crippen molar-refractivity contribution < 1.29 is 10.2 Å². The minimum atomic E-state index is 0.217. The largest absolute Gasteiger partial charge is 0.506 e. The molecule has 3 N–H and O–H groups in total. The molecule has 1 fully saturated rings. The van der Waals surface area contributed by atoms with Gasteiger partial charge in [-0.25, -0.2) is 0 Å². The average Bonchev–Trinajstić information content (AvgIpc) is 2.63. The van der Waals surface area contributed by atoms with E-state index in [2.05, 4.69) is 27.3 Å². The number of rotatable bonds is 5. The Morgan fingerprint density at radius 1 is 1.17 bits per heavy atom. The van der Waals surface area contributed by atoms with E-state index in [-0.39, 0.29) is 12.4 Å². The van der Waals surface area contributed by atoms with Gasteiger partial charge in [-0.3, -0.25) is 4.98 Å². The lowest BCUT2D eigenvalue weighted by Gasteiger charge is -2.34. The fourth-order valence-electron chi connectivity index (χ4n) is 3.17. The number of aliphatic hydroxyl groups excluding tert-OH is 1. The van der Waals surface area contributed by atoms with Crippen LogP contribution in [-0.2, 0) is 6.54 Å². The number of hydrogen-bond acceptors (Lipinski definition) is 5. The Bertz CT molecular complexity index is 682. The van der Waals surface area contributed by atoms with Crippen molar-refractivity contribution in [2.75, 3.05) is 29.9 Å². The number of aromatic nitrogens is 1. The molecule has 2 aromatic rings. The predicted molar refractivity (Wildman–Crippen MR) is 96.4 cm³/mol. The molecule has 24 heavy (non-hydrogen) atoms. The van der Waals surface area contributed by atoms with E-state index in [1.54, 1.807) is 12.1 Å². The number of benzene rings is 1. The van der Waals surface area contributed by atoms with Gasteiger partial charge in [0, 0.05) is 25.4 Å². The highest BCUT2D eigenvalue weighted by atomic mass is 16.3. The third kappa shape index (κ3) is 3.79. The first-order chi connectivity index (χ1) is 11.7. The van der Waals surface area contributed by atoms with E-state index >= 15 is 0 Å². The van der Waals surface area contributed by atoms with E-state index in [1.165, 1.54) is 5.69 Å². The number of aliphatic hydroxyl groups is 1. The van der Waals surface area contributed by atoms with Crippen molar-refractivity contribution in [1.29, 1.82) is 0 Å². The Kier molecular flexibility index (Phi) is 5.20. The Balaban J connectivity index is 1.71. The number of piperidine rings is 1. The SMILES string of the molecule is Cc1ccc(O)c(CNc2ccccc2N2CCC(CO)CC2)n1. The van der Waals surface area contributed by atoms with Gasteiger partial charge in [0.25, 0.3) is 0 Å². The zero-order valence-corrected chi connectivity index (χ0v) is 14.1. The molecule has 0 unspecified atom stereocenters. The maximum atomic E-state index is 9.95. The summed E-state index contributed by atoms with van der Waals surface area (Å²) in [5.74, 6) is 0.643. The summed E-state index contributed by atoms with van der Waals surface area (Å²) in [6.45, 7) is 4.60. The van der Waals surface area contributed by atoms with Crippen molar-refractivity contribution in [2.45, 2.75) is 26.3 Å². The van der Waals surface area contributed by atoms with Crippen LogP contribution in [0.4, 0.5) is 11.4 Å². The maximum absolute atomic E-state index is 9.95. The van der Waals surface area contributed by atoms with Crippen molar-refractivity contribution >= 4 is 11.4 Å². The van der Waals surface area contributed by atoms with Crippen LogP contribution in [0, 0.1) is 12.8 Å². The highest BCUT2D eigenvalue weighted by molar-refractivity contribution is 5.70. The van der Waals surface area contributed by atoms with Crippen molar-refractivity contribution in [1.82, 2.24) is 4.98 Å². The number of anilines is 2. The summed E-state index contributed by atoms with van der Waals surface area (Å²) in [6.07, 6.45) is 2.04. The molecule has 0 spiro atoms. The monoisotopic (exact) mass is 327 g/mol. The first-order valence-electron chi connectivity index (χ1n) is 8.51. The van der Waals surface area contributed by atoms with Gasteiger partial charge in [-0.15, -0.1) is 0 Å². The van der Waals surface area contributed by atoms with Crippen LogP contribution in [0.1, 0.15) is 24.2 Å². The average molecular weight is 327 g/mol. The number of nitrogens with one attached hydrogen (secondary N) is 1. The molecular weight excluding hydrogens is 302 g/mol. The van der Waals surface area contributed by atoms with Crippen LogP contribution in [0.3, 0.4) is 0 Å². The van der Waals surface area contributed by atoms with Crippen LogP contribution in [0.2, 0.25) is 0 Å².